The number of carboxylic acid groups (broad SMARTS) is 1. The van der Waals surface area contributed by atoms with Crippen LogP contribution in [0.25, 0.3) is 11.1 Å². The van der Waals surface area contributed by atoms with Crippen LogP contribution in [-0.2, 0) is 10.0 Å². The Balaban J connectivity index is 2.18. The number of rotatable bonds is 5. The number of benzene rings is 2. The predicted octanol–water partition coefficient (Wildman–Crippen LogP) is 2.98. The maximum absolute atomic E-state index is 13.5. The van der Waals surface area contributed by atoms with E-state index in [0.717, 1.165) is 25.0 Å². The van der Waals surface area contributed by atoms with Crippen molar-refractivity contribution in [2.24, 2.45) is 0 Å². The van der Waals surface area contributed by atoms with Gasteiger partial charge in [-0.15, -0.1) is 0 Å². The zero-order chi connectivity index (χ0) is 18.9. The quantitative estimate of drug-likeness (QED) is 0.863. The van der Waals surface area contributed by atoms with E-state index in [1.807, 2.05) is 0 Å². The van der Waals surface area contributed by atoms with Gasteiger partial charge < -0.3 is 9.84 Å². The number of carboxylic acids is 1. The first kappa shape index (κ1) is 18.3. The Kier molecular flexibility index (Phi) is 4.97. The number of hydrogen-bond acceptors (Lipinski definition) is 4. The molecule has 0 saturated carbocycles. The minimum atomic E-state index is -3.80. The van der Waals surface area contributed by atoms with Crippen LogP contribution in [-0.4, -0.2) is 44.0 Å². The summed E-state index contributed by atoms with van der Waals surface area (Å²) in [6.07, 6.45) is 1.55. The van der Waals surface area contributed by atoms with Gasteiger partial charge in [0, 0.05) is 24.7 Å². The second-order valence-electron chi connectivity index (χ2n) is 6.01. The largest absolute Gasteiger partial charge is 0.496 e. The fourth-order valence-corrected chi connectivity index (χ4v) is 4.60. The molecule has 0 radical (unpaired) electrons. The van der Waals surface area contributed by atoms with Crippen molar-refractivity contribution in [3.63, 3.8) is 0 Å². The van der Waals surface area contributed by atoms with E-state index in [0.29, 0.717) is 24.2 Å². The number of aromatic carboxylic acids is 1. The van der Waals surface area contributed by atoms with Gasteiger partial charge >= 0.3 is 5.97 Å². The summed E-state index contributed by atoms with van der Waals surface area (Å²) in [6, 6.07) is 7.70. The Morgan fingerprint density at radius 2 is 1.85 bits per heavy atom. The molecule has 1 N–H and O–H groups in total. The van der Waals surface area contributed by atoms with Crippen LogP contribution in [0.5, 0.6) is 5.75 Å². The molecule has 1 fully saturated rings. The first-order chi connectivity index (χ1) is 12.3. The van der Waals surface area contributed by atoms with Crippen molar-refractivity contribution < 1.29 is 27.4 Å². The van der Waals surface area contributed by atoms with Crippen molar-refractivity contribution in [3.05, 3.63) is 47.8 Å². The van der Waals surface area contributed by atoms with Gasteiger partial charge in [-0.05, 0) is 48.7 Å². The van der Waals surface area contributed by atoms with Crippen molar-refractivity contribution in [3.8, 4) is 16.9 Å². The fourth-order valence-electron chi connectivity index (χ4n) is 3.01. The van der Waals surface area contributed by atoms with E-state index in [1.165, 1.54) is 35.7 Å². The molecule has 3 rings (SSSR count). The molecule has 2 aromatic rings. The van der Waals surface area contributed by atoms with Crippen LogP contribution in [0.3, 0.4) is 0 Å². The molecular weight excluding hydrogens is 361 g/mol. The van der Waals surface area contributed by atoms with Gasteiger partial charge in [0.05, 0.1) is 17.6 Å². The molecule has 0 spiro atoms. The number of sulfonamides is 1. The zero-order valence-electron chi connectivity index (χ0n) is 14.1. The molecule has 0 aromatic heterocycles. The summed E-state index contributed by atoms with van der Waals surface area (Å²) in [6.45, 7) is 0.823. The van der Waals surface area contributed by atoms with Crippen LogP contribution in [0.2, 0.25) is 0 Å². The normalized spacial score (nSPS) is 15.2. The molecule has 1 heterocycles. The molecule has 2 aromatic carbocycles. The van der Waals surface area contributed by atoms with E-state index in [-0.39, 0.29) is 16.2 Å². The van der Waals surface area contributed by atoms with Crippen LogP contribution in [0.1, 0.15) is 23.2 Å². The van der Waals surface area contributed by atoms with Crippen LogP contribution in [0.15, 0.2) is 41.3 Å². The van der Waals surface area contributed by atoms with Gasteiger partial charge in [-0.2, -0.15) is 4.31 Å². The molecule has 1 aliphatic heterocycles. The van der Waals surface area contributed by atoms with E-state index in [9.17, 15) is 22.7 Å². The molecule has 0 aliphatic carbocycles. The Morgan fingerprint density at radius 3 is 2.46 bits per heavy atom. The lowest BCUT2D eigenvalue weighted by molar-refractivity contribution is 0.0696. The van der Waals surface area contributed by atoms with Gasteiger partial charge in [-0.25, -0.2) is 17.6 Å². The lowest BCUT2D eigenvalue weighted by Gasteiger charge is -2.17. The summed E-state index contributed by atoms with van der Waals surface area (Å²) < 4.78 is 45.6. The Labute approximate surface area is 150 Å². The molecule has 1 aliphatic rings. The highest BCUT2D eigenvalue weighted by Crippen LogP contribution is 2.34. The van der Waals surface area contributed by atoms with Gasteiger partial charge in [0.1, 0.15) is 11.6 Å². The SMILES string of the molecule is COc1cc(F)ccc1-c1cc(C(=O)O)cc(S(=O)(=O)N2CCCC2)c1. The van der Waals surface area contributed by atoms with Crippen LogP contribution in [0, 0.1) is 5.82 Å². The number of carbonyl (C=O) groups is 1. The van der Waals surface area contributed by atoms with E-state index >= 15 is 0 Å². The van der Waals surface area contributed by atoms with E-state index in [1.54, 1.807) is 0 Å². The summed E-state index contributed by atoms with van der Waals surface area (Å²) >= 11 is 0. The third-order valence-electron chi connectivity index (χ3n) is 4.33. The van der Waals surface area contributed by atoms with Gasteiger partial charge in [-0.3, -0.25) is 0 Å². The maximum atomic E-state index is 13.5. The van der Waals surface area contributed by atoms with Gasteiger partial charge in [0.2, 0.25) is 10.0 Å². The number of ether oxygens (including phenoxy) is 1. The molecule has 0 bridgehead atoms. The van der Waals surface area contributed by atoms with Gasteiger partial charge in [-0.1, -0.05) is 0 Å². The summed E-state index contributed by atoms with van der Waals surface area (Å²) in [5, 5.41) is 9.38. The summed E-state index contributed by atoms with van der Waals surface area (Å²) in [7, 11) is -2.44. The average molecular weight is 379 g/mol. The Bertz CT molecular complexity index is 952. The highest BCUT2D eigenvalue weighted by Gasteiger charge is 2.28. The highest BCUT2D eigenvalue weighted by atomic mass is 32.2. The molecule has 0 unspecified atom stereocenters. The number of nitrogens with zero attached hydrogens (tertiary/aromatic N) is 1. The van der Waals surface area contributed by atoms with Crippen molar-refractivity contribution >= 4 is 16.0 Å². The standard InChI is InChI=1S/C18H18FNO5S/c1-25-17-11-14(19)4-5-16(17)12-8-13(18(21)22)10-15(9-12)26(23,24)20-6-2-3-7-20/h4-5,8-11H,2-3,6-7H2,1H3,(H,21,22). The van der Waals surface area contributed by atoms with E-state index in [4.69, 9.17) is 4.74 Å². The lowest BCUT2D eigenvalue weighted by Crippen LogP contribution is -2.28. The predicted molar refractivity (Wildman–Crippen MR) is 93.3 cm³/mol. The lowest BCUT2D eigenvalue weighted by atomic mass is 10.0. The first-order valence-electron chi connectivity index (χ1n) is 8.05. The minimum Gasteiger partial charge on any atom is -0.496 e. The number of halogens is 1. The third kappa shape index (κ3) is 3.42. The van der Waals surface area contributed by atoms with Crippen LogP contribution >= 0.6 is 0 Å². The second kappa shape index (κ2) is 7.05. The molecule has 138 valence electrons. The van der Waals surface area contributed by atoms with Crippen molar-refractivity contribution in [2.75, 3.05) is 20.2 Å². The molecule has 26 heavy (non-hydrogen) atoms. The number of methoxy groups -OCH3 is 1. The summed E-state index contributed by atoms with van der Waals surface area (Å²) in [5.41, 5.74) is 0.584. The van der Waals surface area contributed by atoms with E-state index < -0.39 is 21.8 Å². The van der Waals surface area contributed by atoms with Crippen LogP contribution in [0.4, 0.5) is 4.39 Å². The highest BCUT2D eigenvalue weighted by molar-refractivity contribution is 7.89. The molecule has 6 nitrogen and oxygen atoms in total. The topological polar surface area (TPSA) is 83.9 Å². The second-order valence-corrected chi connectivity index (χ2v) is 7.94. The maximum Gasteiger partial charge on any atom is 0.335 e. The zero-order valence-corrected chi connectivity index (χ0v) is 14.9. The van der Waals surface area contributed by atoms with E-state index in [2.05, 4.69) is 0 Å². The molecule has 8 heteroatoms. The monoisotopic (exact) mass is 379 g/mol. The van der Waals surface area contributed by atoms with Crippen molar-refractivity contribution in [1.29, 1.82) is 0 Å². The third-order valence-corrected chi connectivity index (χ3v) is 6.21. The smallest absolute Gasteiger partial charge is 0.335 e. The van der Waals surface area contributed by atoms with Crippen LogP contribution < -0.4 is 4.74 Å². The summed E-state index contributed by atoms with van der Waals surface area (Å²) in [4.78, 5) is 11.4. The average Bonchev–Trinajstić information content (AvgIpc) is 3.16. The number of hydrogen-bond donors (Lipinski definition) is 1. The van der Waals surface area contributed by atoms with Crippen molar-refractivity contribution in [1.82, 2.24) is 4.31 Å². The van der Waals surface area contributed by atoms with Gasteiger partial charge in [0.25, 0.3) is 0 Å². The summed E-state index contributed by atoms with van der Waals surface area (Å²) in [5.74, 6) is -1.56. The van der Waals surface area contributed by atoms with Gasteiger partial charge in [0.15, 0.2) is 0 Å². The first-order valence-corrected chi connectivity index (χ1v) is 9.49. The van der Waals surface area contributed by atoms with Crippen molar-refractivity contribution in [2.45, 2.75) is 17.7 Å². The molecule has 1 saturated heterocycles. The fraction of sp³-hybridized carbons (Fsp3) is 0.278. The molecule has 0 atom stereocenters. The minimum absolute atomic E-state index is 0.0966. The molecular formula is C18H18FNO5S. The Morgan fingerprint density at radius 1 is 1.15 bits per heavy atom. The Hall–Kier alpha value is -2.45. The molecule has 0 amide bonds.